The standard InChI is InChI=1S/C20H22Cl2N4O/c1-13(17-6-4-15(21)9-18(17)22)26-19-10-16(5-3-14(19)11-24-26)25-8-7-23-20(12-25)27-2/h3-6,9-11,13,20,23H,7-8,12H2,1-2H3/t13-,20?/m1/s1. The molecule has 2 heterocycles. The lowest BCUT2D eigenvalue weighted by atomic mass is 10.1. The van der Waals surface area contributed by atoms with E-state index in [0.717, 1.165) is 36.1 Å². The van der Waals surface area contributed by atoms with Crippen molar-refractivity contribution in [3.63, 3.8) is 0 Å². The van der Waals surface area contributed by atoms with Crippen molar-refractivity contribution in [2.45, 2.75) is 19.2 Å². The summed E-state index contributed by atoms with van der Waals surface area (Å²) >= 11 is 12.5. The Morgan fingerprint density at radius 2 is 2.07 bits per heavy atom. The van der Waals surface area contributed by atoms with E-state index < -0.39 is 0 Å². The molecule has 27 heavy (non-hydrogen) atoms. The molecule has 0 amide bonds. The molecule has 0 aliphatic carbocycles. The van der Waals surface area contributed by atoms with Gasteiger partial charge in [-0.05, 0) is 42.8 Å². The predicted molar refractivity (Wildman–Crippen MR) is 111 cm³/mol. The molecule has 0 radical (unpaired) electrons. The largest absolute Gasteiger partial charge is 0.366 e. The van der Waals surface area contributed by atoms with Crippen molar-refractivity contribution < 1.29 is 4.74 Å². The smallest absolute Gasteiger partial charge is 0.125 e. The van der Waals surface area contributed by atoms with Crippen LogP contribution in [0.15, 0.2) is 42.6 Å². The van der Waals surface area contributed by atoms with Crippen LogP contribution in [0.1, 0.15) is 18.5 Å². The van der Waals surface area contributed by atoms with Crippen molar-refractivity contribution in [1.82, 2.24) is 15.1 Å². The number of nitrogens with zero attached hydrogens (tertiary/aromatic N) is 3. The molecule has 1 fully saturated rings. The fourth-order valence-corrected chi connectivity index (χ4v) is 4.18. The Morgan fingerprint density at radius 1 is 1.22 bits per heavy atom. The molecule has 2 aromatic carbocycles. The van der Waals surface area contributed by atoms with Gasteiger partial charge >= 0.3 is 0 Å². The van der Waals surface area contributed by atoms with E-state index >= 15 is 0 Å². The second-order valence-corrected chi connectivity index (χ2v) is 7.64. The molecule has 142 valence electrons. The molecule has 1 unspecified atom stereocenters. The molecule has 0 spiro atoms. The maximum atomic E-state index is 6.42. The van der Waals surface area contributed by atoms with Crippen LogP contribution in [-0.2, 0) is 4.74 Å². The van der Waals surface area contributed by atoms with E-state index in [1.807, 2.05) is 23.0 Å². The fourth-order valence-electron chi connectivity index (χ4n) is 3.61. The lowest BCUT2D eigenvalue weighted by Gasteiger charge is -2.34. The van der Waals surface area contributed by atoms with Gasteiger partial charge in [0.15, 0.2) is 0 Å². The van der Waals surface area contributed by atoms with E-state index in [2.05, 4.69) is 40.4 Å². The van der Waals surface area contributed by atoms with E-state index in [1.54, 1.807) is 13.2 Å². The number of hydrogen-bond acceptors (Lipinski definition) is 4. The first-order valence-corrected chi connectivity index (χ1v) is 9.76. The number of anilines is 1. The van der Waals surface area contributed by atoms with Crippen LogP contribution in [0.3, 0.4) is 0 Å². The number of halogens is 2. The first-order chi connectivity index (χ1) is 13.1. The predicted octanol–water partition coefficient (Wildman–Crippen LogP) is 4.33. The highest BCUT2D eigenvalue weighted by molar-refractivity contribution is 6.35. The summed E-state index contributed by atoms with van der Waals surface area (Å²) < 4.78 is 7.48. The van der Waals surface area contributed by atoms with Crippen LogP contribution in [0, 0.1) is 0 Å². The van der Waals surface area contributed by atoms with Gasteiger partial charge in [-0.3, -0.25) is 10.00 Å². The quantitative estimate of drug-likeness (QED) is 0.702. The van der Waals surface area contributed by atoms with E-state index in [0.29, 0.717) is 10.0 Å². The van der Waals surface area contributed by atoms with Gasteiger partial charge in [-0.2, -0.15) is 5.10 Å². The van der Waals surface area contributed by atoms with E-state index in [1.165, 1.54) is 5.69 Å². The minimum atomic E-state index is -0.00253. The highest BCUT2D eigenvalue weighted by atomic mass is 35.5. The third kappa shape index (κ3) is 3.65. The number of fused-ring (bicyclic) bond motifs is 1. The molecule has 1 saturated heterocycles. The third-order valence-corrected chi connectivity index (χ3v) is 5.71. The van der Waals surface area contributed by atoms with Gasteiger partial charge in [0.25, 0.3) is 0 Å². The number of aromatic nitrogens is 2. The van der Waals surface area contributed by atoms with Crippen LogP contribution in [0.25, 0.3) is 10.9 Å². The molecule has 0 saturated carbocycles. The summed E-state index contributed by atoms with van der Waals surface area (Å²) in [6.45, 7) is 4.75. The van der Waals surface area contributed by atoms with Crippen LogP contribution in [-0.4, -0.2) is 42.8 Å². The first-order valence-electron chi connectivity index (χ1n) is 9.00. The van der Waals surface area contributed by atoms with E-state index in [9.17, 15) is 0 Å². The number of rotatable bonds is 4. The minimum absolute atomic E-state index is 0.00253. The number of ether oxygens (including phenoxy) is 1. The van der Waals surface area contributed by atoms with Crippen LogP contribution in [0.4, 0.5) is 5.69 Å². The Kier molecular flexibility index (Phi) is 5.28. The van der Waals surface area contributed by atoms with E-state index in [-0.39, 0.29) is 12.3 Å². The van der Waals surface area contributed by atoms with Crippen LogP contribution in [0.2, 0.25) is 10.0 Å². The molecule has 1 aromatic heterocycles. The van der Waals surface area contributed by atoms with Crippen molar-refractivity contribution in [2.24, 2.45) is 0 Å². The molecule has 5 nitrogen and oxygen atoms in total. The molecule has 7 heteroatoms. The van der Waals surface area contributed by atoms with Gasteiger partial charge in [-0.1, -0.05) is 29.3 Å². The second-order valence-electron chi connectivity index (χ2n) is 6.80. The summed E-state index contributed by atoms with van der Waals surface area (Å²) in [6.07, 6.45) is 1.95. The zero-order valence-electron chi connectivity index (χ0n) is 15.3. The van der Waals surface area contributed by atoms with Crippen molar-refractivity contribution >= 4 is 39.8 Å². The summed E-state index contributed by atoms with van der Waals surface area (Å²) in [7, 11) is 1.73. The molecular formula is C20H22Cl2N4O. The van der Waals surface area contributed by atoms with Gasteiger partial charge in [0, 0.05) is 41.3 Å². The van der Waals surface area contributed by atoms with Gasteiger partial charge in [0.1, 0.15) is 6.23 Å². The molecule has 0 bridgehead atoms. The Labute approximate surface area is 168 Å². The fraction of sp³-hybridized carbons (Fsp3) is 0.350. The highest BCUT2D eigenvalue weighted by Gasteiger charge is 2.21. The molecule has 4 rings (SSSR count). The third-order valence-electron chi connectivity index (χ3n) is 5.15. The monoisotopic (exact) mass is 404 g/mol. The van der Waals surface area contributed by atoms with Gasteiger partial charge in [0.05, 0.1) is 24.3 Å². The SMILES string of the molecule is COC1CN(c2ccc3cnn([C@H](C)c4ccc(Cl)cc4Cl)c3c2)CCN1. The zero-order valence-corrected chi connectivity index (χ0v) is 16.8. The van der Waals surface area contributed by atoms with Crippen molar-refractivity contribution in [1.29, 1.82) is 0 Å². The van der Waals surface area contributed by atoms with Crippen molar-refractivity contribution in [2.75, 3.05) is 31.6 Å². The molecule has 1 aliphatic heterocycles. The maximum Gasteiger partial charge on any atom is 0.125 e. The Hall–Kier alpha value is -1.79. The average Bonchev–Trinajstić information content (AvgIpc) is 3.11. The van der Waals surface area contributed by atoms with Crippen molar-refractivity contribution in [3.8, 4) is 0 Å². The molecule has 1 aliphatic rings. The average molecular weight is 405 g/mol. The maximum absolute atomic E-state index is 6.42. The lowest BCUT2D eigenvalue weighted by molar-refractivity contribution is 0.0706. The molecule has 1 N–H and O–H groups in total. The van der Waals surface area contributed by atoms with Gasteiger partial charge in [-0.25, -0.2) is 0 Å². The topological polar surface area (TPSA) is 42.3 Å². The van der Waals surface area contributed by atoms with Crippen molar-refractivity contribution in [3.05, 3.63) is 58.2 Å². The number of hydrogen-bond donors (Lipinski definition) is 1. The summed E-state index contributed by atoms with van der Waals surface area (Å²) in [5.41, 5.74) is 3.25. The number of piperazine rings is 1. The Bertz CT molecular complexity index is 958. The van der Waals surface area contributed by atoms with Gasteiger partial charge < -0.3 is 9.64 Å². The summed E-state index contributed by atoms with van der Waals surface area (Å²) in [5, 5.41) is 10.4. The lowest BCUT2D eigenvalue weighted by Crippen LogP contribution is -2.51. The second kappa shape index (κ2) is 7.68. The van der Waals surface area contributed by atoms with E-state index in [4.69, 9.17) is 27.9 Å². The number of nitrogens with one attached hydrogen (secondary N) is 1. The molecule has 3 aromatic rings. The van der Waals surface area contributed by atoms with Gasteiger partial charge in [-0.15, -0.1) is 0 Å². The minimum Gasteiger partial charge on any atom is -0.366 e. The van der Waals surface area contributed by atoms with Crippen LogP contribution >= 0.6 is 23.2 Å². The highest BCUT2D eigenvalue weighted by Crippen LogP contribution is 2.31. The summed E-state index contributed by atoms with van der Waals surface area (Å²) in [4.78, 5) is 2.33. The number of benzene rings is 2. The number of methoxy groups -OCH3 is 1. The zero-order chi connectivity index (χ0) is 19.0. The normalized spacial score (nSPS) is 18.8. The Balaban J connectivity index is 1.70. The van der Waals surface area contributed by atoms with Crippen LogP contribution in [0.5, 0.6) is 0 Å². The molecular weight excluding hydrogens is 383 g/mol. The van der Waals surface area contributed by atoms with Gasteiger partial charge in [0.2, 0.25) is 0 Å². The summed E-state index contributed by atoms with van der Waals surface area (Å²) in [5.74, 6) is 0. The molecule has 2 atom stereocenters. The van der Waals surface area contributed by atoms with Crippen LogP contribution < -0.4 is 10.2 Å². The first kappa shape index (κ1) is 18.6. The summed E-state index contributed by atoms with van der Waals surface area (Å²) in [6, 6.07) is 12.1. The Morgan fingerprint density at radius 3 is 2.85 bits per heavy atom.